The van der Waals surface area contributed by atoms with Crippen molar-refractivity contribution in [2.75, 3.05) is 42.8 Å². The highest BCUT2D eigenvalue weighted by molar-refractivity contribution is 6.00. The molecule has 9 heteroatoms. The van der Waals surface area contributed by atoms with Crippen LogP contribution >= 0.6 is 0 Å². The third-order valence-corrected chi connectivity index (χ3v) is 6.56. The summed E-state index contributed by atoms with van der Waals surface area (Å²) in [6, 6.07) is 20.4. The summed E-state index contributed by atoms with van der Waals surface area (Å²) in [6.07, 6.45) is 3.65. The molecule has 9 nitrogen and oxygen atoms in total. The van der Waals surface area contributed by atoms with Gasteiger partial charge in [-0.1, -0.05) is 6.07 Å². The maximum Gasteiger partial charge on any atom is 0.323 e. The fourth-order valence-corrected chi connectivity index (χ4v) is 4.51. The highest BCUT2D eigenvalue weighted by atomic mass is 16.5. The maximum atomic E-state index is 12.7. The molecular weight excluding hydrogens is 482 g/mol. The summed E-state index contributed by atoms with van der Waals surface area (Å²) in [5.74, 6) is 2.34. The molecule has 4 aromatic rings. The highest BCUT2D eigenvalue weighted by Gasteiger charge is 2.16. The minimum atomic E-state index is -0.343. The first-order valence-corrected chi connectivity index (χ1v) is 12.5. The number of carbonyl (C=O) groups excluding carboxylic acids is 1. The molecule has 1 aromatic heterocycles. The molecule has 3 aromatic carbocycles. The van der Waals surface area contributed by atoms with Crippen molar-refractivity contribution < 1.29 is 19.0 Å². The monoisotopic (exact) mass is 513 g/mol. The Hall–Kier alpha value is -4.50. The lowest BCUT2D eigenvalue weighted by molar-refractivity contribution is 0.262. The van der Waals surface area contributed by atoms with Crippen LogP contribution in [0.4, 0.5) is 21.9 Å². The highest BCUT2D eigenvalue weighted by Crippen LogP contribution is 2.37. The molecule has 4 N–H and O–H groups in total. The second-order valence-corrected chi connectivity index (χ2v) is 9.11. The third-order valence-electron chi connectivity index (χ3n) is 6.56. The first-order chi connectivity index (χ1) is 18.5. The van der Waals surface area contributed by atoms with Gasteiger partial charge in [-0.05, 0) is 61.4 Å². The molecule has 1 aliphatic heterocycles. The van der Waals surface area contributed by atoms with Crippen LogP contribution in [-0.2, 0) is 0 Å². The van der Waals surface area contributed by atoms with Gasteiger partial charge in [-0.15, -0.1) is 0 Å². The molecule has 0 unspecified atom stereocenters. The van der Waals surface area contributed by atoms with Gasteiger partial charge in [-0.25, -0.2) is 4.79 Å². The van der Waals surface area contributed by atoms with Gasteiger partial charge >= 0.3 is 6.03 Å². The molecule has 0 spiro atoms. The van der Waals surface area contributed by atoms with Crippen molar-refractivity contribution in [1.82, 2.24) is 4.98 Å². The van der Waals surface area contributed by atoms with Crippen molar-refractivity contribution in [3.63, 3.8) is 0 Å². The standard InChI is InChI=1S/C29H31N5O4/c1-36-27-17-24-25(18-28(27)37-2)31-13-10-26(24)38-23-5-3-4-21(16-23)33-29(35)32-20-6-8-22(9-7-20)34-14-11-19(30)12-15-34/h3-10,13,16-19H,11-12,14-15,30H2,1-2H3,(H2,32,33,35). The number of urea groups is 1. The molecule has 0 bridgehead atoms. The van der Waals surface area contributed by atoms with E-state index in [1.165, 1.54) is 0 Å². The van der Waals surface area contributed by atoms with Crippen LogP contribution in [0.2, 0.25) is 0 Å². The van der Waals surface area contributed by atoms with E-state index in [1.807, 2.05) is 42.5 Å². The Morgan fingerprint density at radius 3 is 2.34 bits per heavy atom. The van der Waals surface area contributed by atoms with E-state index >= 15 is 0 Å². The number of nitrogens with one attached hydrogen (secondary N) is 2. The van der Waals surface area contributed by atoms with E-state index in [-0.39, 0.29) is 12.1 Å². The molecule has 196 valence electrons. The summed E-state index contributed by atoms with van der Waals surface area (Å²) in [5, 5.41) is 6.52. The van der Waals surface area contributed by atoms with Crippen molar-refractivity contribution in [2.24, 2.45) is 5.73 Å². The number of anilines is 3. The maximum absolute atomic E-state index is 12.7. The molecule has 2 amide bonds. The first kappa shape index (κ1) is 25.2. The molecule has 1 saturated heterocycles. The first-order valence-electron chi connectivity index (χ1n) is 12.5. The molecule has 38 heavy (non-hydrogen) atoms. The number of ether oxygens (including phenoxy) is 3. The fourth-order valence-electron chi connectivity index (χ4n) is 4.51. The van der Waals surface area contributed by atoms with E-state index < -0.39 is 0 Å². The summed E-state index contributed by atoms with van der Waals surface area (Å²) in [6.45, 7) is 1.90. The number of methoxy groups -OCH3 is 2. The van der Waals surface area contributed by atoms with Crippen LogP contribution in [0, 0.1) is 0 Å². The lowest BCUT2D eigenvalue weighted by Crippen LogP contribution is -2.39. The predicted molar refractivity (Wildman–Crippen MR) is 150 cm³/mol. The number of pyridine rings is 1. The van der Waals surface area contributed by atoms with E-state index in [0.29, 0.717) is 39.9 Å². The van der Waals surface area contributed by atoms with Crippen molar-refractivity contribution in [3.8, 4) is 23.0 Å². The summed E-state index contributed by atoms with van der Waals surface area (Å²) < 4.78 is 17.0. The number of hydrogen-bond donors (Lipinski definition) is 3. The molecular formula is C29H31N5O4. The molecule has 1 aliphatic rings. The average Bonchev–Trinajstić information content (AvgIpc) is 2.93. The Morgan fingerprint density at radius 2 is 1.61 bits per heavy atom. The van der Waals surface area contributed by atoms with Gasteiger partial charge in [0, 0.05) is 59.9 Å². The number of rotatable bonds is 7. The van der Waals surface area contributed by atoms with Crippen LogP contribution in [0.1, 0.15) is 12.8 Å². The Balaban J connectivity index is 1.24. The second-order valence-electron chi connectivity index (χ2n) is 9.11. The zero-order valence-electron chi connectivity index (χ0n) is 21.4. The smallest absolute Gasteiger partial charge is 0.323 e. The molecule has 5 rings (SSSR count). The van der Waals surface area contributed by atoms with Crippen molar-refractivity contribution in [1.29, 1.82) is 0 Å². The van der Waals surface area contributed by atoms with Crippen LogP contribution in [0.15, 0.2) is 72.9 Å². The van der Waals surface area contributed by atoms with Crippen LogP contribution in [0.3, 0.4) is 0 Å². The van der Waals surface area contributed by atoms with Gasteiger partial charge in [-0.3, -0.25) is 4.98 Å². The van der Waals surface area contributed by atoms with Gasteiger partial charge in [0.15, 0.2) is 11.5 Å². The number of nitrogens with zero attached hydrogens (tertiary/aromatic N) is 2. The van der Waals surface area contributed by atoms with Gasteiger partial charge < -0.3 is 35.5 Å². The number of nitrogens with two attached hydrogens (primary N) is 1. The molecule has 0 saturated carbocycles. The Bertz CT molecular complexity index is 1420. The number of piperidine rings is 1. The molecule has 2 heterocycles. The number of aromatic nitrogens is 1. The minimum absolute atomic E-state index is 0.288. The summed E-state index contributed by atoms with van der Waals surface area (Å²) in [4.78, 5) is 19.4. The molecule has 0 radical (unpaired) electrons. The van der Waals surface area contributed by atoms with E-state index in [1.54, 1.807) is 44.7 Å². The van der Waals surface area contributed by atoms with Gasteiger partial charge in [-0.2, -0.15) is 0 Å². The number of carbonyl (C=O) groups is 1. The Labute approximate surface area is 221 Å². The van der Waals surface area contributed by atoms with Crippen LogP contribution in [0.25, 0.3) is 10.9 Å². The van der Waals surface area contributed by atoms with E-state index in [9.17, 15) is 4.79 Å². The summed E-state index contributed by atoms with van der Waals surface area (Å²) in [7, 11) is 3.17. The Morgan fingerprint density at radius 1 is 0.895 bits per heavy atom. The van der Waals surface area contributed by atoms with Crippen LogP contribution in [0.5, 0.6) is 23.0 Å². The SMILES string of the molecule is COc1cc2nccc(Oc3cccc(NC(=O)Nc4ccc(N5CCC(N)CC5)cc4)c3)c2cc1OC. The van der Waals surface area contributed by atoms with Gasteiger partial charge in [0.1, 0.15) is 11.5 Å². The van der Waals surface area contributed by atoms with Gasteiger partial charge in [0.2, 0.25) is 0 Å². The predicted octanol–water partition coefficient (Wildman–Crippen LogP) is 5.62. The zero-order chi connectivity index (χ0) is 26.5. The summed E-state index contributed by atoms with van der Waals surface area (Å²) >= 11 is 0. The van der Waals surface area contributed by atoms with Crippen molar-refractivity contribution >= 4 is 34.0 Å². The zero-order valence-corrected chi connectivity index (χ0v) is 21.4. The van der Waals surface area contributed by atoms with Crippen LogP contribution < -0.4 is 35.5 Å². The lowest BCUT2D eigenvalue weighted by atomic mass is 10.1. The van der Waals surface area contributed by atoms with Gasteiger partial charge in [0.25, 0.3) is 0 Å². The van der Waals surface area contributed by atoms with Gasteiger partial charge in [0.05, 0.1) is 19.7 Å². The van der Waals surface area contributed by atoms with E-state index in [4.69, 9.17) is 19.9 Å². The Kier molecular flexibility index (Phi) is 7.46. The van der Waals surface area contributed by atoms with Crippen molar-refractivity contribution in [3.05, 3.63) is 72.9 Å². The number of amides is 2. The quantitative estimate of drug-likeness (QED) is 0.294. The van der Waals surface area contributed by atoms with E-state index in [0.717, 1.165) is 37.0 Å². The van der Waals surface area contributed by atoms with Crippen LogP contribution in [-0.4, -0.2) is 44.4 Å². The second kappa shape index (κ2) is 11.3. The number of hydrogen-bond acceptors (Lipinski definition) is 7. The topological polar surface area (TPSA) is 111 Å². The number of fused-ring (bicyclic) bond motifs is 1. The normalized spacial score (nSPS) is 13.7. The fraction of sp³-hybridized carbons (Fsp3) is 0.241. The summed E-state index contributed by atoms with van der Waals surface area (Å²) in [5.41, 5.74) is 9.16. The average molecular weight is 514 g/mol. The minimum Gasteiger partial charge on any atom is -0.493 e. The lowest BCUT2D eigenvalue weighted by Gasteiger charge is -2.32. The number of benzene rings is 3. The van der Waals surface area contributed by atoms with E-state index in [2.05, 4.69) is 20.5 Å². The molecule has 0 atom stereocenters. The third kappa shape index (κ3) is 5.73. The molecule has 0 aliphatic carbocycles. The molecule has 1 fully saturated rings. The van der Waals surface area contributed by atoms with Crippen molar-refractivity contribution in [2.45, 2.75) is 18.9 Å². The largest absolute Gasteiger partial charge is 0.493 e.